The second-order valence-corrected chi connectivity index (χ2v) is 4.32. The van der Waals surface area contributed by atoms with Crippen molar-refractivity contribution >= 4 is 17.9 Å². The Morgan fingerprint density at radius 2 is 2.00 bits per heavy atom. The fourth-order valence-corrected chi connectivity index (χ4v) is 1.56. The molecule has 1 aliphatic rings. The number of amides is 3. The zero-order chi connectivity index (χ0) is 13.7. The largest absolute Gasteiger partial charge is 0.480 e. The Balaban J connectivity index is 2.50. The normalized spacial score (nSPS) is 15.7. The van der Waals surface area contributed by atoms with Gasteiger partial charge in [-0.2, -0.15) is 0 Å². The lowest BCUT2D eigenvalue weighted by molar-refractivity contribution is -0.137. The predicted molar refractivity (Wildman–Crippen MR) is 64.0 cm³/mol. The molecule has 0 bridgehead atoms. The number of carbonyl (C=O) groups excluding carboxylic acids is 2. The van der Waals surface area contributed by atoms with E-state index in [1.54, 1.807) is 13.8 Å². The number of carbonyl (C=O) groups is 3. The molecule has 7 nitrogen and oxygen atoms in total. The second kappa shape index (κ2) is 6.23. The van der Waals surface area contributed by atoms with Crippen molar-refractivity contribution < 1.29 is 19.5 Å². The molecule has 1 unspecified atom stereocenters. The van der Waals surface area contributed by atoms with Gasteiger partial charge in [-0.05, 0) is 26.7 Å². The van der Waals surface area contributed by atoms with Crippen LogP contribution >= 0.6 is 0 Å². The molecule has 1 fully saturated rings. The van der Waals surface area contributed by atoms with Gasteiger partial charge in [0.25, 0.3) is 0 Å². The second-order valence-electron chi connectivity index (χ2n) is 4.32. The van der Waals surface area contributed by atoms with Crippen LogP contribution in [0.15, 0.2) is 0 Å². The van der Waals surface area contributed by atoms with Crippen LogP contribution in [0.1, 0.15) is 26.7 Å². The van der Waals surface area contributed by atoms with E-state index in [0.717, 1.165) is 12.8 Å². The lowest BCUT2D eigenvalue weighted by atomic mass is 10.3. The van der Waals surface area contributed by atoms with E-state index < -0.39 is 18.0 Å². The highest BCUT2D eigenvalue weighted by Gasteiger charge is 2.34. The number of nitrogens with zero attached hydrogens (tertiary/aromatic N) is 1. The number of aliphatic carboxylic acids is 1. The predicted octanol–water partition coefficient (Wildman–Crippen LogP) is -0.230. The van der Waals surface area contributed by atoms with Crippen molar-refractivity contribution in [1.29, 1.82) is 0 Å². The number of carboxylic acid groups (broad SMARTS) is 1. The van der Waals surface area contributed by atoms with Crippen LogP contribution in [0.3, 0.4) is 0 Å². The third-order valence-electron chi connectivity index (χ3n) is 2.64. The summed E-state index contributed by atoms with van der Waals surface area (Å²) in [5, 5.41) is 13.8. The maximum Gasteiger partial charge on any atom is 0.323 e. The highest BCUT2D eigenvalue weighted by atomic mass is 16.4. The fourth-order valence-electron chi connectivity index (χ4n) is 1.56. The Labute approximate surface area is 106 Å². The summed E-state index contributed by atoms with van der Waals surface area (Å²) < 4.78 is 0. The van der Waals surface area contributed by atoms with Gasteiger partial charge < -0.3 is 20.6 Å². The van der Waals surface area contributed by atoms with Crippen molar-refractivity contribution in [2.75, 3.05) is 13.1 Å². The van der Waals surface area contributed by atoms with Crippen LogP contribution in [0.5, 0.6) is 0 Å². The van der Waals surface area contributed by atoms with Gasteiger partial charge in [-0.15, -0.1) is 0 Å². The average molecular weight is 257 g/mol. The maximum atomic E-state index is 11.9. The molecule has 3 N–H and O–H groups in total. The smallest absolute Gasteiger partial charge is 0.323 e. The number of hydrogen-bond donors (Lipinski definition) is 3. The number of nitrogens with one attached hydrogen (secondary N) is 2. The molecule has 0 aromatic rings. The minimum absolute atomic E-state index is 0.0115. The molecular formula is C11H19N3O4. The standard InChI is InChI=1S/C11H19N3O4/c1-3-12-10(17)7(2)13-11(18)14(6-9(15)16)8-4-5-8/h7-8H,3-6H2,1-2H3,(H,12,17)(H,13,18)(H,15,16). The molecule has 0 heterocycles. The Kier molecular flexibility index (Phi) is 4.94. The molecule has 0 saturated heterocycles. The SMILES string of the molecule is CCNC(=O)C(C)NC(=O)N(CC(=O)O)C1CC1. The van der Waals surface area contributed by atoms with E-state index in [2.05, 4.69) is 10.6 Å². The Morgan fingerprint density at radius 3 is 2.44 bits per heavy atom. The highest BCUT2D eigenvalue weighted by Crippen LogP contribution is 2.26. The first kappa shape index (κ1) is 14.3. The Hall–Kier alpha value is -1.79. The van der Waals surface area contributed by atoms with Crippen LogP contribution in [0, 0.1) is 0 Å². The maximum absolute atomic E-state index is 11.9. The van der Waals surface area contributed by atoms with E-state index in [1.807, 2.05) is 0 Å². The summed E-state index contributed by atoms with van der Waals surface area (Å²) in [5.74, 6) is -1.33. The summed E-state index contributed by atoms with van der Waals surface area (Å²) in [4.78, 5) is 35.2. The summed E-state index contributed by atoms with van der Waals surface area (Å²) in [5.41, 5.74) is 0. The van der Waals surface area contributed by atoms with Gasteiger partial charge >= 0.3 is 12.0 Å². The molecule has 0 aliphatic heterocycles. The summed E-state index contributed by atoms with van der Waals surface area (Å²) in [7, 11) is 0. The lowest BCUT2D eigenvalue weighted by Crippen LogP contribution is -2.51. The van der Waals surface area contributed by atoms with E-state index in [9.17, 15) is 14.4 Å². The summed E-state index contributed by atoms with van der Waals surface area (Å²) in [6, 6.07) is -1.19. The average Bonchev–Trinajstić information content (AvgIpc) is 3.09. The molecule has 102 valence electrons. The number of urea groups is 1. The molecule has 0 radical (unpaired) electrons. The van der Waals surface area contributed by atoms with Gasteiger partial charge in [0.05, 0.1) is 0 Å². The Morgan fingerprint density at radius 1 is 1.39 bits per heavy atom. The number of rotatable bonds is 6. The van der Waals surface area contributed by atoms with E-state index in [0.29, 0.717) is 6.54 Å². The van der Waals surface area contributed by atoms with Crippen molar-refractivity contribution in [2.45, 2.75) is 38.8 Å². The van der Waals surface area contributed by atoms with Crippen molar-refractivity contribution in [1.82, 2.24) is 15.5 Å². The van der Waals surface area contributed by atoms with Gasteiger partial charge in [0.15, 0.2) is 0 Å². The molecule has 1 rings (SSSR count). The Bertz CT molecular complexity index is 341. The summed E-state index contributed by atoms with van der Waals surface area (Å²) in [6.45, 7) is 3.50. The monoisotopic (exact) mass is 257 g/mol. The first-order valence-corrected chi connectivity index (χ1v) is 6.02. The minimum atomic E-state index is -1.05. The van der Waals surface area contributed by atoms with E-state index in [-0.39, 0.29) is 18.5 Å². The molecule has 1 atom stereocenters. The summed E-state index contributed by atoms with van der Waals surface area (Å²) >= 11 is 0. The molecule has 3 amide bonds. The molecule has 0 spiro atoms. The lowest BCUT2D eigenvalue weighted by Gasteiger charge is -2.23. The molecule has 0 aromatic heterocycles. The van der Waals surface area contributed by atoms with Gasteiger partial charge in [-0.1, -0.05) is 0 Å². The molecule has 18 heavy (non-hydrogen) atoms. The molecule has 0 aromatic carbocycles. The quantitative estimate of drug-likeness (QED) is 0.612. The van der Waals surface area contributed by atoms with Crippen molar-refractivity contribution in [3.8, 4) is 0 Å². The first-order valence-electron chi connectivity index (χ1n) is 6.02. The van der Waals surface area contributed by atoms with E-state index in [4.69, 9.17) is 5.11 Å². The van der Waals surface area contributed by atoms with Crippen LogP contribution in [-0.4, -0.2) is 53.1 Å². The van der Waals surface area contributed by atoms with E-state index in [1.165, 1.54) is 4.90 Å². The van der Waals surface area contributed by atoms with Crippen LogP contribution in [0.25, 0.3) is 0 Å². The van der Waals surface area contributed by atoms with Crippen molar-refractivity contribution in [3.05, 3.63) is 0 Å². The van der Waals surface area contributed by atoms with Gasteiger partial charge in [-0.3, -0.25) is 9.59 Å². The first-order chi connectivity index (χ1) is 8.45. The van der Waals surface area contributed by atoms with Crippen LogP contribution < -0.4 is 10.6 Å². The van der Waals surface area contributed by atoms with Crippen LogP contribution in [-0.2, 0) is 9.59 Å². The third kappa shape index (κ3) is 4.23. The van der Waals surface area contributed by atoms with Crippen LogP contribution in [0.4, 0.5) is 4.79 Å². The molecule has 1 aliphatic carbocycles. The van der Waals surface area contributed by atoms with Gasteiger partial charge in [0.1, 0.15) is 12.6 Å². The van der Waals surface area contributed by atoms with Crippen molar-refractivity contribution in [3.63, 3.8) is 0 Å². The summed E-state index contributed by atoms with van der Waals surface area (Å²) in [6.07, 6.45) is 1.63. The molecular weight excluding hydrogens is 238 g/mol. The topological polar surface area (TPSA) is 98.7 Å². The number of likely N-dealkylation sites (N-methyl/N-ethyl adjacent to an activating group) is 1. The van der Waals surface area contributed by atoms with E-state index >= 15 is 0 Å². The fraction of sp³-hybridized carbons (Fsp3) is 0.727. The van der Waals surface area contributed by atoms with Gasteiger partial charge in [0, 0.05) is 12.6 Å². The third-order valence-corrected chi connectivity index (χ3v) is 2.64. The van der Waals surface area contributed by atoms with Gasteiger partial charge in [0.2, 0.25) is 5.91 Å². The number of hydrogen-bond acceptors (Lipinski definition) is 3. The molecule has 1 saturated carbocycles. The zero-order valence-electron chi connectivity index (χ0n) is 10.6. The molecule has 7 heteroatoms. The zero-order valence-corrected chi connectivity index (χ0v) is 10.6. The minimum Gasteiger partial charge on any atom is -0.480 e. The van der Waals surface area contributed by atoms with Crippen molar-refractivity contribution in [2.24, 2.45) is 0 Å². The van der Waals surface area contributed by atoms with Crippen LogP contribution in [0.2, 0.25) is 0 Å². The number of carboxylic acids is 1. The van der Waals surface area contributed by atoms with Gasteiger partial charge in [-0.25, -0.2) is 4.79 Å². The highest BCUT2D eigenvalue weighted by molar-refractivity contribution is 5.88.